The van der Waals surface area contributed by atoms with Crippen LogP contribution in [0.25, 0.3) is 10.9 Å². The topological polar surface area (TPSA) is 56.3 Å². The molecule has 0 bridgehead atoms. The number of aromatic amines is 1. The molecule has 0 saturated carbocycles. The average molecular weight is 334 g/mol. The molecule has 2 heterocycles. The zero-order valence-electron chi connectivity index (χ0n) is 14.3. The van der Waals surface area contributed by atoms with Crippen LogP contribution in [0.5, 0.6) is 0 Å². The van der Waals surface area contributed by atoms with Crippen molar-refractivity contribution in [1.29, 1.82) is 0 Å². The molecule has 4 heteroatoms. The number of fused-ring (bicyclic) bond motifs is 1. The summed E-state index contributed by atoms with van der Waals surface area (Å²) in [4.78, 5) is 17.5. The summed E-state index contributed by atoms with van der Waals surface area (Å²) in [6.07, 6.45) is 0.682. The Morgan fingerprint density at radius 1 is 1.16 bits per heavy atom. The lowest BCUT2D eigenvalue weighted by molar-refractivity contribution is 0.0452. The number of nitrogens with one attached hydrogen (secondary N) is 1. The quantitative estimate of drug-likeness (QED) is 0.774. The Morgan fingerprint density at radius 3 is 2.76 bits per heavy atom. The summed E-state index contributed by atoms with van der Waals surface area (Å²) >= 11 is 0. The van der Waals surface area contributed by atoms with E-state index in [2.05, 4.69) is 16.0 Å². The third-order valence-corrected chi connectivity index (χ3v) is 5.11. The second-order valence-electron chi connectivity index (χ2n) is 7.07. The van der Waals surface area contributed by atoms with Crippen molar-refractivity contribution in [3.05, 3.63) is 81.6 Å². The van der Waals surface area contributed by atoms with Gasteiger partial charge < -0.3 is 10.1 Å². The van der Waals surface area contributed by atoms with E-state index >= 15 is 0 Å². The number of aliphatic hydroxyl groups is 1. The molecule has 0 radical (unpaired) electrons. The molecule has 1 aromatic heterocycles. The van der Waals surface area contributed by atoms with Gasteiger partial charge in [0.2, 0.25) is 0 Å². The van der Waals surface area contributed by atoms with E-state index in [4.69, 9.17) is 0 Å². The van der Waals surface area contributed by atoms with Gasteiger partial charge in [-0.25, -0.2) is 0 Å². The zero-order chi connectivity index (χ0) is 17.4. The largest absolute Gasteiger partial charge is 0.384 e. The summed E-state index contributed by atoms with van der Waals surface area (Å²) < 4.78 is 0. The fourth-order valence-corrected chi connectivity index (χ4v) is 3.72. The van der Waals surface area contributed by atoms with Gasteiger partial charge in [0, 0.05) is 30.7 Å². The van der Waals surface area contributed by atoms with Gasteiger partial charge in [0.1, 0.15) is 5.60 Å². The molecule has 2 aromatic carbocycles. The smallest absolute Gasteiger partial charge is 0.252 e. The maximum absolute atomic E-state index is 12.4. The van der Waals surface area contributed by atoms with E-state index in [1.54, 1.807) is 0 Å². The van der Waals surface area contributed by atoms with Crippen molar-refractivity contribution in [2.24, 2.45) is 0 Å². The Labute approximate surface area is 146 Å². The second kappa shape index (κ2) is 6.14. The van der Waals surface area contributed by atoms with Crippen molar-refractivity contribution in [2.45, 2.75) is 25.5 Å². The Bertz CT molecular complexity index is 965. The van der Waals surface area contributed by atoms with Crippen LogP contribution in [0.2, 0.25) is 0 Å². The number of aromatic nitrogens is 1. The number of hydrogen-bond donors (Lipinski definition) is 2. The van der Waals surface area contributed by atoms with Crippen LogP contribution in [0, 0.1) is 6.92 Å². The van der Waals surface area contributed by atoms with Gasteiger partial charge in [0.25, 0.3) is 5.56 Å². The van der Waals surface area contributed by atoms with Gasteiger partial charge >= 0.3 is 0 Å². The molecule has 1 fully saturated rings. The molecule has 0 amide bonds. The van der Waals surface area contributed by atoms with E-state index in [-0.39, 0.29) is 5.56 Å². The lowest BCUT2D eigenvalue weighted by Gasteiger charge is -2.24. The Morgan fingerprint density at radius 2 is 1.96 bits per heavy atom. The highest BCUT2D eigenvalue weighted by Crippen LogP contribution is 2.32. The number of hydrogen-bond acceptors (Lipinski definition) is 3. The molecular formula is C21H22N2O2. The maximum atomic E-state index is 12.4. The first-order valence-electron chi connectivity index (χ1n) is 8.66. The summed E-state index contributed by atoms with van der Waals surface area (Å²) in [7, 11) is 0. The van der Waals surface area contributed by atoms with Crippen LogP contribution in [0.1, 0.15) is 23.1 Å². The molecular weight excluding hydrogens is 312 g/mol. The molecule has 4 rings (SSSR count). The first kappa shape index (κ1) is 16.1. The van der Waals surface area contributed by atoms with Gasteiger partial charge in [-0.3, -0.25) is 9.69 Å². The molecule has 0 spiro atoms. The maximum Gasteiger partial charge on any atom is 0.252 e. The summed E-state index contributed by atoms with van der Waals surface area (Å²) in [6, 6.07) is 17.8. The van der Waals surface area contributed by atoms with Crippen LogP contribution in [0.4, 0.5) is 0 Å². The van der Waals surface area contributed by atoms with Crippen LogP contribution < -0.4 is 5.56 Å². The number of pyridine rings is 1. The van der Waals surface area contributed by atoms with Gasteiger partial charge in [0.05, 0.1) is 0 Å². The number of likely N-dealkylation sites (tertiary alicyclic amines) is 1. The number of rotatable bonds is 3. The minimum atomic E-state index is -0.832. The van der Waals surface area contributed by atoms with Crippen molar-refractivity contribution >= 4 is 10.9 Å². The summed E-state index contributed by atoms with van der Waals surface area (Å²) in [6.45, 7) is 3.91. The van der Waals surface area contributed by atoms with Gasteiger partial charge in [-0.1, -0.05) is 42.0 Å². The molecule has 128 valence electrons. The van der Waals surface area contributed by atoms with Crippen LogP contribution in [-0.2, 0) is 12.1 Å². The van der Waals surface area contributed by atoms with E-state index < -0.39 is 5.60 Å². The fraction of sp³-hybridized carbons (Fsp3) is 0.286. The van der Waals surface area contributed by atoms with E-state index in [0.717, 1.165) is 28.6 Å². The van der Waals surface area contributed by atoms with E-state index in [9.17, 15) is 9.90 Å². The fourth-order valence-electron chi connectivity index (χ4n) is 3.72. The molecule has 25 heavy (non-hydrogen) atoms. The van der Waals surface area contributed by atoms with Crippen LogP contribution in [0.15, 0.2) is 59.4 Å². The molecule has 4 nitrogen and oxygen atoms in total. The number of nitrogens with zero attached hydrogens (tertiary/aromatic N) is 1. The molecule has 1 unspecified atom stereocenters. The van der Waals surface area contributed by atoms with E-state index in [1.165, 1.54) is 5.56 Å². The molecule has 1 saturated heterocycles. The number of benzene rings is 2. The monoisotopic (exact) mass is 334 g/mol. The first-order chi connectivity index (χ1) is 12.0. The number of β-amino-alcohol motifs (C(OH)–C–C–N with tert-alkyl or cyclic N) is 1. The van der Waals surface area contributed by atoms with Crippen molar-refractivity contribution < 1.29 is 5.11 Å². The summed E-state index contributed by atoms with van der Waals surface area (Å²) in [5.41, 5.74) is 2.84. The van der Waals surface area contributed by atoms with E-state index in [0.29, 0.717) is 19.5 Å². The highest BCUT2D eigenvalue weighted by molar-refractivity contribution is 5.79. The normalized spacial score (nSPS) is 21.0. The highest BCUT2D eigenvalue weighted by Gasteiger charge is 2.37. The predicted octanol–water partition coefficient (Wildman–Crippen LogP) is 2.93. The Kier molecular flexibility index (Phi) is 3.94. The average Bonchev–Trinajstić information content (AvgIpc) is 2.99. The zero-order valence-corrected chi connectivity index (χ0v) is 14.3. The summed E-state index contributed by atoms with van der Waals surface area (Å²) in [5, 5.41) is 12.0. The van der Waals surface area contributed by atoms with Gasteiger partial charge in [0.15, 0.2) is 0 Å². The van der Waals surface area contributed by atoms with Gasteiger partial charge in [-0.15, -0.1) is 0 Å². The standard InChI is InChI=1S/C21H22N2O2/c1-15-7-8-19-16(11-15)12-17(20(24)22-19)13-23-10-9-21(25,14-23)18-5-3-2-4-6-18/h2-8,11-12,25H,9-10,13-14H2,1H3,(H,22,24). The lowest BCUT2D eigenvalue weighted by Crippen LogP contribution is -2.31. The third kappa shape index (κ3) is 3.11. The SMILES string of the molecule is Cc1ccc2[nH]c(=O)c(CN3CCC(O)(c4ccccc4)C3)cc2c1. The van der Waals surface area contributed by atoms with Crippen molar-refractivity contribution in [3.8, 4) is 0 Å². The van der Waals surface area contributed by atoms with Crippen molar-refractivity contribution in [1.82, 2.24) is 9.88 Å². The molecule has 2 N–H and O–H groups in total. The molecule has 0 aliphatic carbocycles. The van der Waals surface area contributed by atoms with Gasteiger partial charge in [-0.05, 0) is 42.5 Å². The highest BCUT2D eigenvalue weighted by atomic mass is 16.3. The van der Waals surface area contributed by atoms with Gasteiger partial charge in [-0.2, -0.15) is 0 Å². The predicted molar refractivity (Wildman–Crippen MR) is 99.5 cm³/mol. The first-order valence-corrected chi connectivity index (χ1v) is 8.66. The van der Waals surface area contributed by atoms with Crippen LogP contribution in [-0.4, -0.2) is 28.1 Å². The molecule has 1 aliphatic rings. The van der Waals surface area contributed by atoms with E-state index in [1.807, 2.05) is 55.5 Å². The number of aryl methyl sites for hydroxylation is 1. The number of H-pyrrole nitrogens is 1. The molecule has 1 atom stereocenters. The molecule has 3 aromatic rings. The second-order valence-corrected chi connectivity index (χ2v) is 7.07. The van der Waals surface area contributed by atoms with Crippen molar-refractivity contribution in [2.75, 3.05) is 13.1 Å². The van der Waals surface area contributed by atoms with Crippen molar-refractivity contribution in [3.63, 3.8) is 0 Å². The van der Waals surface area contributed by atoms with Crippen LogP contribution >= 0.6 is 0 Å². The lowest BCUT2D eigenvalue weighted by atomic mass is 9.93. The summed E-state index contributed by atoms with van der Waals surface area (Å²) in [5.74, 6) is 0. The Hall–Kier alpha value is -2.43. The minimum Gasteiger partial charge on any atom is -0.384 e. The van der Waals surface area contributed by atoms with Crippen LogP contribution in [0.3, 0.4) is 0 Å². The Balaban J connectivity index is 1.58. The minimum absolute atomic E-state index is 0.0495. The third-order valence-electron chi connectivity index (χ3n) is 5.11. The molecule has 1 aliphatic heterocycles.